The van der Waals surface area contributed by atoms with Crippen LogP contribution in [0.15, 0.2) is 84.0 Å². The first-order valence-corrected chi connectivity index (χ1v) is 10.9. The van der Waals surface area contributed by atoms with Crippen molar-refractivity contribution >= 4 is 21.6 Å². The van der Waals surface area contributed by atoms with Crippen LogP contribution in [0.1, 0.15) is 25.0 Å². The molecule has 2 heteroatoms. The first-order chi connectivity index (χ1) is 11.7. The van der Waals surface area contributed by atoms with Gasteiger partial charge < -0.3 is 0 Å². The summed E-state index contributed by atoms with van der Waals surface area (Å²) in [5.74, 6) is 2.16. The highest BCUT2D eigenvalue weighted by Gasteiger charge is 1.95. The number of allylic oxidation sites excluding steroid dienone is 2. The van der Waals surface area contributed by atoms with Gasteiger partial charge in [0.25, 0.3) is 0 Å². The lowest BCUT2D eigenvalue weighted by molar-refractivity contribution is 1.14. The molecule has 0 bridgehead atoms. The second-order valence-electron chi connectivity index (χ2n) is 5.99. The Labute approximate surface area is 154 Å². The third-order valence-corrected chi connectivity index (χ3v) is 5.82. The van der Waals surface area contributed by atoms with Gasteiger partial charge in [0.1, 0.15) is 0 Å². The first-order valence-electron chi connectivity index (χ1n) is 8.37. The lowest BCUT2D eigenvalue weighted by Crippen LogP contribution is -1.87. The Morgan fingerprint density at radius 2 is 1.04 bits per heavy atom. The maximum Gasteiger partial charge on any atom is 0.0220 e. The fraction of sp³-hybridized carbons (Fsp3) is 0.273. The molecule has 0 radical (unpaired) electrons. The van der Waals surface area contributed by atoms with Crippen LogP contribution in [0, 0.1) is 0 Å². The monoisotopic (exact) mass is 354 g/mol. The molecule has 0 heterocycles. The summed E-state index contributed by atoms with van der Waals surface area (Å²) in [5.41, 5.74) is 5.68. The molecular weight excluding hydrogens is 328 g/mol. The van der Waals surface area contributed by atoms with Crippen molar-refractivity contribution in [1.29, 1.82) is 0 Å². The maximum absolute atomic E-state index is 2.35. The molecule has 0 saturated heterocycles. The minimum atomic E-state index is 1.06. The molecule has 2 aromatic rings. The van der Waals surface area contributed by atoms with Crippen LogP contribution in [0.3, 0.4) is 0 Å². The summed E-state index contributed by atoms with van der Waals surface area (Å²) in [5, 5.41) is 0. The van der Waals surface area contributed by atoms with Crippen LogP contribution >= 0.6 is 21.6 Å². The van der Waals surface area contributed by atoms with Crippen molar-refractivity contribution in [1.82, 2.24) is 0 Å². The van der Waals surface area contributed by atoms with Crippen LogP contribution in [0.25, 0.3) is 0 Å². The molecule has 2 aromatic carbocycles. The second-order valence-corrected chi connectivity index (χ2v) is 8.55. The Morgan fingerprint density at radius 3 is 1.42 bits per heavy atom. The van der Waals surface area contributed by atoms with E-state index in [0.29, 0.717) is 0 Å². The third-order valence-electron chi connectivity index (χ3n) is 3.73. The minimum Gasteiger partial charge on any atom is -0.0897 e. The quantitative estimate of drug-likeness (QED) is 0.278. The van der Waals surface area contributed by atoms with Crippen LogP contribution in [0.2, 0.25) is 0 Å². The number of rotatable bonds is 9. The van der Waals surface area contributed by atoms with E-state index < -0.39 is 0 Å². The Kier molecular flexibility index (Phi) is 8.86. The van der Waals surface area contributed by atoms with E-state index in [0.717, 1.165) is 24.3 Å². The predicted octanol–water partition coefficient (Wildman–Crippen LogP) is 6.75. The zero-order valence-corrected chi connectivity index (χ0v) is 16.2. The molecule has 0 amide bonds. The maximum atomic E-state index is 2.35. The van der Waals surface area contributed by atoms with Gasteiger partial charge in [-0.3, -0.25) is 0 Å². The molecule has 0 aliphatic carbocycles. The molecule has 0 unspecified atom stereocenters. The first kappa shape index (κ1) is 19.0. The molecule has 0 N–H and O–H groups in total. The molecule has 0 nitrogen and oxygen atoms in total. The van der Waals surface area contributed by atoms with E-state index in [1.807, 2.05) is 21.6 Å². The molecule has 126 valence electrons. The van der Waals surface area contributed by atoms with Gasteiger partial charge in [-0.1, -0.05) is 106 Å². The number of hydrogen-bond donors (Lipinski definition) is 0. The molecular formula is C22H26S2. The van der Waals surface area contributed by atoms with Crippen LogP contribution < -0.4 is 0 Å². The van der Waals surface area contributed by atoms with Gasteiger partial charge in [-0.05, 0) is 37.8 Å². The van der Waals surface area contributed by atoms with E-state index in [1.54, 1.807) is 0 Å². The van der Waals surface area contributed by atoms with Crippen molar-refractivity contribution in [2.75, 3.05) is 11.5 Å². The number of benzene rings is 2. The third kappa shape index (κ3) is 7.94. The summed E-state index contributed by atoms with van der Waals surface area (Å²) in [6.45, 7) is 4.45. The molecule has 0 aliphatic rings. The minimum absolute atomic E-state index is 1.06. The molecule has 0 saturated carbocycles. The SMILES string of the molecule is C/C(=C\CSSC/C=C(\C)Cc1ccccc1)Cc1ccccc1. The Bertz CT molecular complexity index is 583. The Balaban J connectivity index is 1.62. The predicted molar refractivity (Wildman–Crippen MR) is 113 cm³/mol. The molecule has 2 rings (SSSR count). The van der Waals surface area contributed by atoms with Crippen molar-refractivity contribution in [3.8, 4) is 0 Å². The zero-order valence-electron chi connectivity index (χ0n) is 14.6. The second kappa shape index (κ2) is 11.2. The summed E-state index contributed by atoms with van der Waals surface area (Å²) in [6.07, 6.45) is 6.82. The summed E-state index contributed by atoms with van der Waals surface area (Å²) < 4.78 is 0. The summed E-state index contributed by atoms with van der Waals surface area (Å²) in [7, 11) is 3.87. The highest BCUT2D eigenvalue weighted by atomic mass is 33.1. The van der Waals surface area contributed by atoms with E-state index in [9.17, 15) is 0 Å². The van der Waals surface area contributed by atoms with Gasteiger partial charge in [-0.15, -0.1) is 0 Å². The van der Waals surface area contributed by atoms with Crippen molar-refractivity contribution in [3.63, 3.8) is 0 Å². The van der Waals surface area contributed by atoms with Crippen LogP contribution in [-0.4, -0.2) is 11.5 Å². The van der Waals surface area contributed by atoms with Gasteiger partial charge in [-0.25, -0.2) is 0 Å². The van der Waals surface area contributed by atoms with Crippen LogP contribution in [-0.2, 0) is 12.8 Å². The van der Waals surface area contributed by atoms with E-state index in [4.69, 9.17) is 0 Å². The topological polar surface area (TPSA) is 0 Å². The fourth-order valence-corrected chi connectivity index (χ4v) is 4.31. The molecule has 0 fully saturated rings. The van der Waals surface area contributed by atoms with E-state index in [-0.39, 0.29) is 0 Å². The molecule has 0 aliphatic heterocycles. The van der Waals surface area contributed by atoms with Gasteiger partial charge in [0.05, 0.1) is 0 Å². The van der Waals surface area contributed by atoms with Crippen LogP contribution in [0.5, 0.6) is 0 Å². The van der Waals surface area contributed by atoms with Gasteiger partial charge in [0.15, 0.2) is 0 Å². The molecule has 24 heavy (non-hydrogen) atoms. The van der Waals surface area contributed by atoms with Gasteiger partial charge in [0.2, 0.25) is 0 Å². The molecule has 0 spiro atoms. The average Bonchev–Trinajstić information content (AvgIpc) is 2.60. The molecule has 0 aromatic heterocycles. The summed E-state index contributed by atoms with van der Waals surface area (Å²) in [6, 6.07) is 21.4. The van der Waals surface area contributed by atoms with Crippen LogP contribution in [0.4, 0.5) is 0 Å². The lowest BCUT2D eigenvalue weighted by Gasteiger charge is -2.03. The van der Waals surface area contributed by atoms with E-state index >= 15 is 0 Å². The fourth-order valence-electron chi connectivity index (χ4n) is 2.43. The zero-order chi connectivity index (χ0) is 17.0. The highest BCUT2D eigenvalue weighted by Crippen LogP contribution is 2.23. The van der Waals surface area contributed by atoms with Crippen molar-refractivity contribution in [2.24, 2.45) is 0 Å². The largest absolute Gasteiger partial charge is 0.0897 e. The van der Waals surface area contributed by atoms with Gasteiger partial charge in [-0.2, -0.15) is 0 Å². The smallest absolute Gasteiger partial charge is 0.0220 e. The normalized spacial score (nSPS) is 12.4. The summed E-state index contributed by atoms with van der Waals surface area (Å²) in [4.78, 5) is 0. The average molecular weight is 355 g/mol. The molecule has 0 atom stereocenters. The van der Waals surface area contributed by atoms with E-state index in [2.05, 4.69) is 86.7 Å². The number of hydrogen-bond acceptors (Lipinski definition) is 2. The van der Waals surface area contributed by atoms with Gasteiger partial charge >= 0.3 is 0 Å². The van der Waals surface area contributed by atoms with Gasteiger partial charge in [0, 0.05) is 11.5 Å². The standard InChI is InChI=1S/C22H26S2/c1-19(17-21-9-5-3-6-10-21)13-15-23-24-16-14-20(2)18-22-11-7-4-8-12-22/h3-14H,15-18H2,1-2H3/b19-13+,20-14+. The van der Waals surface area contributed by atoms with Crippen molar-refractivity contribution in [3.05, 3.63) is 95.1 Å². The van der Waals surface area contributed by atoms with Crippen molar-refractivity contribution in [2.45, 2.75) is 26.7 Å². The summed E-state index contributed by atoms with van der Waals surface area (Å²) >= 11 is 0. The highest BCUT2D eigenvalue weighted by molar-refractivity contribution is 8.76. The van der Waals surface area contributed by atoms with E-state index in [1.165, 1.54) is 22.3 Å². The van der Waals surface area contributed by atoms with Crippen molar-refractivity contribution < 1.29 is 0 Å². The Morgan fingerprint density at radius 1 is 0.667 bits per heavy atom. The Hall–Kier alpha value is -1.38. The lowest BCUT2D eigenvalue weighted by atomic mass is 10.1.